The van der Waals surface area contributed by atoms with E-state index in [1.165, 1.54) is 0 Å². The first-order valence-corrected chi connectivity index (χ1v) is 7.73. The molecule has 0 saturated carbocycles. The lowest BCUT2D eigenvalue weighted by atomic mass is 10.1. The molecule has 0 aliphatic heterocycles. The summed E-state index contributed by atoms with van der Waals surface area (Å²) in [5.41, 5.74) is 1.61. The van der Waals surface area contributed by atoms with E-state index in [0.29, 0.717) is 16.8 Å². The highest BCUT2D eigenvalue weighted by molar-refractivity contribution is 9.10. The van der Waals surface area contributed by atoms with E-state index >= 15 is 0 Å². The highest BCUT2D eigenvalue weighted by Crippen LogP contribution is 2.15. The lowest BCUT2D eigenvalue weighted by Crippen LogP contribution is -2.30. The van der Waals surface area contributed by atoms with Crippen LogP contribution in [0, 0.1) is 0 Å². The standard InChI is InChI=1S/C17H17BrN2O2/c1-11(2)19-16(21)12-4-3-5-13(10-12)17(22)20-15-8-6-14(18)7-9-15/h3-11H,1-2H3,(H,19,21)(H,20,22). The molecule has 0 spiro atoms. The smallest absolute Gasteiger partial charge is 0.255 e. The monoisotopic (exact) mass is 360 g/mol. The van der Waals surface area contributed by atoms with Crippen molar-refractivity contribution in [2.75, 3.05) is 5.32 Å². The molecule has 0 aliphatic rings. The van der Waals surface area contributed by atoms with Crippen LogP contribution in [-0.4, -0.2) is 17.9 Å². The second-order valence-corrected chi connectivity index (χ2v) is 6.09. The van der Waals surface area contributed by atoms with E-state index in [2.05, 4.69) is 26.6 Å². The van der Waals surface area contributed by atoms with E-state index in [-0.39, 0.29) is 17.9 Å². The van der Waals surface area contributed by atoms with Crippen molar-refractivity contribution < 1.29 is 9.59 Å². The molecule has 2 aromatic rings. The van der Waals surface area contributed by atoms with Crippen molar-refractivity contribution in [3.05, 3.63) is 64.1 Å². The molecule has 0 radical (unpaired) electrons. The van der Waals surface area contributed by atoms with Crippen LogP contribution in [-0.2, 0) is 0 Å². The molecule has 2 rings (SSSR count). The maximum Gasteiger partial charge on any atom is 0.255 e. The lowest BCUT2D eigenvalue weighted by molar-refractivity contribution is 0.0943. The molecule has 2 amide bonds. The molecule has 2 N–H and O–H groups in total. The predicted molar refractivity (Wildman–Crippen MR) is 91.1 cm³/mol. The molecule has 0 heterocycles. The molecule has 114 valence electrons. The van der Waals surface area contributed by atoms with Crippen LogP contribution < -0.4 is 10.6 Å². The fourth-order valence-electron chi connectivity index (χ4n) is 1.88. The highest BCUT2D eigenvalue weighted by Gasteiger charge is 2.11. The summed E-state index contributed by atoms with van der Waals surface area (Å²) in [5, 5.41) is 5.61. The van der Waals surface area contributed by atoms with Gasteiger partial charge in [0.2, 0.25) is 0 Å². The summed E-state index contributed by atoms with van der Waals surface area (Å²) in [6.45, 7) is 3.78. The molecule has 0 aliphatic carbocycles. The summed E-state index contributed by atoms with van der Waals surface area (Å²) in [6, 6.07) is 14.0. The zero-order chi connectivity index (χ0) is 16.1. The van der Waals surface area contributed by atoms with Gasteiger partial charge in [-0.15, -0.1) is 0 Å². The van der Waals surface area contributed by atoms with Gasteiger partial charge >= 0.3 is 0 Å². The minimum atomic E-state index is -0.249. The van der Waals surface area contributed by atoms with Gasteiger partial charge in [0.1, 0.15) is 0 Å². The maximum absolute atomic E-state index is 12.2. The van der Waals surface area contributed by atoms with Crippen LogP contribution in [0.4, 0.5) is 5.69 Å². The Balaban J connectivity index is 2.13. The summed E-state index contributed by atoms with van der Waals surface area (Å²) < 4.78 is 0.942. The third-order valence-corrected chi connectivity index (χ3v) is 3.44. The molecule has 0 aromatic heterocycles. The number of halogens is 1. The number of nitrogens with one attached hydrogen (secondary N) is 2. The van der Waals surface area contributed by atoms with Gasteiger partial charge in [-0.25, -0.2) is 0 Å². The molecule has 5 heteroatoms. The van der Waals surface area contributed by atoms with Gasteiger partial charge in [-0.3, -0.25) is 9.59 Å². The fraction of sp³-hybridized carbons (Fsp3) is 0.176. The van der Waals surface area contributed by atoms with Gasteiger partial charge in [0, 0.05) is 27.3 Å². The minimum absolute atomic E-state index is 0.0488. The van der Waals surface area contributed by atoms with Crippen molar-refractivity contribution >= 4 is 33.4 Å². The van der Waals surface area contributed by atoms with E-state index in [4.69, 9.17) is 0 Å². The Morgan fingerprint density at radius 1 is 0.955 bits per heavy atom. The Morgan fingerprint density at radius 3 is 2.14 bits per heavy atom. The third-order valence-electron chi connectivity index (χ3n) is 2.91. The highest BCUT2D eigenvalue weighted by atomic mass is 79.9. The average Bonchev–Trinajstić information content (AvgIpc) is 2.49. The van der Waals surface area contributed by atoms with Crippen molar-refractivity contribution in [1.29, 1.82) is 0 Å². The van der Waals surface area contributed by atoms with Crippen LogP contribution in [0.2, 0.25) is 0 Å². The van der Waals surface area contributed by atoms with Crippen LogP contribution >= 0.6 is 15.9 Å². The van der Waals surface area contributed by atoms with Gasteiger partial charge in [-0.1, -0.05) is 22.0 Å². The topological polar surface area (TPSA) is 58.2 Å². The molecular formula is C17H17BrN2O2. The number of rotatable bonds is 4. The van der Waals surface area contributed by atoms with Crippen molar-refractivity contribution in [1.82, 2.24) is 5.32 Å². The Morgan fingerprint density at radius 2 is 1.55 bits per heavy atom. The molecule has 4 nitrogen and oxygen atoms in total. The number of amides is 2. The lowest BCUT2D eigenvalue weighted by Gasteiger charge is -2.10. The first-order valence-electron chi connectivity index (χ1n) is 6.93. The SMILES string of the molecule is CC(C)NC(=O)c1cccc(C(=O)Nc2ccc(Br)cc2)c1. The first-order chi connectivity index (χ1) is 10.5. The van der Waals surface area contributed by atoms with Crippen LogP contribution in [0.15, 0.2) is 53.0 Å². The number of benzene rings is 2. The van der Waals surface area contributed by atoms with Gasteiger partial charge in [0.15, 0.2) is 0 Å². The summed E-state index contributed by atoms with van der Waals surface area (Å²) in [7, 11) is 0. The summed E-state index contributed by atoms with van der Waals surface area (Å²) in [6.07, 6.45) is 0. The van der Waals surface area contributed by atoms with Gasteiger partial charge in [0.25, 0.3) is 11.8 Å². The van der Waals surface area contributed by atoms with Crippen LogP contribution in [0.25, 0.3) is 0 Å². The number of hydrogen-bond donors (Lipinski definition) is 2. The molecule has 0 saturated heterocycles. The zero-order valence-electron chi connectivity index (χ0n) is 12.4. The average molecular weight is 361 g/mol. The van der Waals surface area contributed by atoms with Crippen molar-refractivity contribution in [3.8, 4) is 0 Å². The van der Waals surface area contributed by atoms with Crippen LogP contribution in [0.3, 0.4) is 0 Å². The van der Waals surface area contributed by atoms with E-state index in [1.807, 2.05) is 26.0 Å². The van der Waals surface area contributed by atoms with Crippen molar-refractivity contribution in [2.24, 2.45) is 0 Å². The normalized spacial score (nSPS) is 10.4. The Hall–Kier alpha value is -2.14. The van der Waals surface area contributed by atoms with Gasteiger partial charge in [0.05, 0.1) is 0 Å². The van der Waals surface area contributed by atoms with Gasteiger partial charge in [-0.05, 0) is 56.3 Å². The van der Waals surface area contributed by atoms with E-state index in [1.54, 1.807) is 36.4 Å². The van der Waals surface area contributed by atoms with Crippen LogP contribution in [0.5, 0.6) is 0 Å². The molecule has 2 aromatic carbocycles. The quantitative estimate of drug-likeness (QED) is 0.869. The number of carbonyl (C=O) groups is 2. The van der Waals surface area contributed by atoms with Crippen molar-refractivity contribution in [2.45, 2.75) is 19.9 Å². The predicted octanol–water partition coefficient (Wildman–Crippen LogP) is 3.84. The van der Waals surface area contributed by atoms with E-state index in [9.17, 15) is 9.59 Å². The van der Waals surface area contributed by atoms with Crippen LogP contribution in [0.1, 0.15) is 34.6 Å². The Labute approximate surface area is 138 Å². The fourth-order valence-corrected chi connectivity index (χ4v) is 2.15. The number of carbonyl (C=O) groups excluding carboxylic acids is 2. The Bertz CT molecular complexity index is 681. The largest absolute Gasteiger partial charge is 0.350 e. The van der Waals surface area contributed by atoms with Gasteiger partial charge in [-0.2, -0.15) is 0 Å². The molecule has 0 fully saturated rings. The molecule has 0 atom stereocenters. The summed E-state index contributed by atoms with van der Waals surface area (Å²) >= 11 is 3.34. The second-order valence-electron chi connectivity index (χ2n) is 5.17. The molecular weight excluding hydrogens is 344 g/mol. The molecule has 22 heavy (non-hydrogen) atoms. The third kappa shape index (κ3) is 4.43. The number of hydrogen-bond acceptors (Lipinski definition) is 2. The van der Waals surface area contributed by atoms with Gasteiger partial charge < -0.3 is 10.6 Å². The second kappa shape index (κ2) is 7.22. The van der Waals surface area contributed by atoms with E-state index < -0.39 is 0 Å². The summed E-state index contributed by atoms with van der Waals surface area (Å²) in [5.74, 6) is -0.435. The summed E-state index contributed by atoms with van der Waals surface area (Å²) in [4.78, 5) is 24.2. The zero-order valence-corrected chi connectivity index (χ0v) is 14.0. The van der Waals surface area contributed by atoms with E-state index in [0.717, 1.165) is 4.47 Å². The molecule has 0 bridgehead atoms. The maximum atomic E-state index is 12.2. The van der Waals surface area contributed by atoms with Crippen molar-refractivity contribution in [3.63, 3.8) is 0 Å². The first kappa shape index (κ1) is 16.2. The minimum Gasteiger partial charge on any atom is -0.350 e. The Kier molecular flexibility index (Phi) is 5.33. The number of anilines is 1. The molecule has 0 unspecified atom stereocenters.